The Bertz CT molecular complexity index is 2550. The van der Waals surface area contributed by atoms with Crippen molar-refractivity contribution in [2.75, 3.05) is 36.0 Å². The fourth-order valence-electron chi connectivity index (χ4n) is 7.17. The average Bonchev–Trinajstić information content (AvgIpc) is 4.04. The molecule has 10 nitrogen and oxygen atoms in total. The number of anilines is 2. The second-order valence-corrected chi connectivity index (χ2v) is 17.2. The van der Waals surface area contributed by atoms with Crippen molar-refractivity contribution in [1.29, 1.82) is 31.6 Å². The van der Waals surface area contributed by atoms with E-state index in [9.17, 15) is 31.6 Å². The van der Waals surface area contributed by atoms with Gasteiger partial charge in [-0.05, 0) is 126 Å². The number of rotatable bonds is 14. The van der Waals surface area contributed by atoms with Gasteiger partial charge in [-0.25, -0.2) is 0 Å². The highest BCUT2D eigenvalue weighted by Gasteiger charge is 2.40. The maximum Gasteiger partial charge on any atom is 0.172 e. The normalized spacial score (nSPS) is 15.3. The summed E-state index contributed by atoms with van der Waals surface area (Å²) < 4.78 is 12.1. The van der Waals surface area contributed by atoms with E-state index in [4.69, 9.17) is 9.47 Å². The van der Waals surface area contributed by atoms with E-state index in [-0.39, 0.29) is 33.8 Å². The van der Waals surface area contributed by atoms with E-state index in [2.05, 4.69) is 104 Å². The van der Waals surface area contributed by atoms with Gasteiger partial charge in [-0.15, -0.1) is 22.7 Å². The summed E-state index contributed by atoms with van der Waals surface area (Å²) in [6, 6.07) is 24.3. The van der Waals surface area contributed by atoms with Crippen LogP contribution in [-0.2, 0) is 9.47 Å². The molecule has 0 aliphatic carbocycles. The molecule has 0 atom stereocenters. The molecule has 310 valence electrons. The lowest BCUT2D eigenvalue weighted by molar-refractivity contribution is 0.0951. The van der Waals surface area contributed by atoms with Gasteiger partial charge in [0.15, 0.2) is 22.7 Å². The molecule has 0 bridgehead atoms. The van der Waals surface area contributed by atoms with E-state index >= 15 is 0 Å². The minimum Gasteiger partial charge on any atom is -0.480 e. The van der Waals surface area contributed by atoms with Gasteiger partial charge in [-0.1, -0.05) is 36.5 Å². The van der Waals surface area contributed by atoms with Crippen LogP contribution in [0.2, 0.25) is 0 Å². The zero-order valence-electron chi connectivity index (χ0n) is 36.1. The molecule has 2 aromatic heterocycles. The molecule has 2 aliphatic heterocycles. The van der Waals surface area contributed by atoms with Crippen LogP contribution in [0.3, 0.4) is 0 Å². The predicted octanol–water partition coefficient (Wildman–Crippen LogP) is 11.7. The van der Waals surface area contributed by atoms with Crippen LogP contribution >= 0.6 is 22.7 Å². The number of ether oxygens (including phenoxy) is 2. The standard InChI is InChI=1S/C50H46N8O2S2/c1-9-57(10-2)45-23-19-39(61-45)17-13-33-25-34(14-18-40-20-24-46(62-40)58(11-3)12-4)36(16-22-44-42(32-56)48(38(29-53)30-54)60-50(44,7)8)26-35(33)15-21-43-41(31-55)47(37(27-51)28-52)59-49(43,5)6/h13-26H,9-12H2,1-8H3/b17-13+,18-14+,21-15+,22-16+. The van der Waals surface area contributed by atoms with Crippen molar-refractivity contribution in [2.24, 2.45) is 0 Å². The minimum absolute atomic E-state index is 0.0434. The van der Waals surface area contributed by atoms with Crippen molar-refractivity contribution in [3.8, 4) is 36.4 Å². The van der Waals surface area contributed by atoms with E-state index in [0.29, 0.717) is 11.1 Å². The summed E-state index contributed by atoms with van der Waals surface area (Å²) >= 11 is 3.40. The van der Waals surface area contributed by atoms with Crippen LogP contribution in [-0.4, -0.2) is 37.4 Å². The minimum atomic E-state index is -1.02. The molecule has 0 saturated heterocycles. The van der Waals surface area contributed by atoms with Crippen molar-refractivity contribution in [3.63, 3.8) is 0 Å². The summed E-state index contributed by atoms with van der Waals surface area (Å²) in [7, 11) is 0. The monoisotopic (exact) mass is 854 g/mol. The summed E-state index contributed by atoms with van der Waals surface area (Å²) in [6.07, 6.45) is 15.7. The molecule has 0 radical (unpaired) electrons. The maximum absolute atomic E-state index is 10.3. The molecular formula is C50H46N8O2S2. The van der Waals surface area contributed by atoms with Crippen molar-refractivity contribution < 1.29 is 9.47 Å². The van der Waals surface area contributed by atoms with Gasteiger partial charge in [0.1, 0.15) is 58.8 Å². The Kier molecular flexibility index (Phi) is 14.6. The molecular weight excluding hydrogens is 809 g/mol. The molecule has 12 heteroatoms. The van der Waals surface area contributed by atoms with Gasteiger partial charge in [0.05, 0.1) is 10.0 Å². The van der Waals surface area contributed by atoms with Gasteiger partial charge in [-0.3, -0.25) is 0 Å². The molecule has 0 N–H and O–H groups in total. The topological polar surface area (TPSA) is 168 Å². The third-order valence-electron chi connectivity index (χ3n) is 10.5. The maximum atomic E-state index is 10.3. The van der Waals surface area contributed by atoms with Gasteiger partial charge >= 0.3 is 0 Å². The largest absolute Gasteiger partial charge is 0.480 e. The van der Waals surface area contributed by atoms with Gasteiger partial charge < -0.3 is 19.3 Å². The number of nitriles is 6. The SMILES string of the molecule is CCN(CC)c1ccc(/C=C/c2cc(/C=C/c3ccc(N(CC)CC)s3)c(/C=C/C3=C(C#N)C(=C(C#N)C#N)OC3(C)C)cc2/C=C/C2=C(C#N)C(=C(C#N)C#N)OC2(C)C)s1. The van der Waals surface area contributed by atoms with Crippen LogP contribution in [0.25, 0.3) is 36.5 Å². The second-order valence-electron chi connectivity index (χ2n) is 15.0. The molecule has 0 fully saturated rings. The highest BCUT2D eigenvalue weighted by atomic mass is 32.1. The Hall–Kier alpha value is -7.32. The van der Waals surface area contributed by atoms with Crippen molar-refractivity contribution in [3.05, 3.63) is 126 Å². The van der Waals surface area contributed by atoms with Crippen molar-refractivity contribution in [1.82, 2.24) is 0 Å². The zero-order valence-corrected chi connectivity index (χ0v) is 37.8. The molecule has 3 aromatic rings. The first-order valence-corrected chi connectivity index (χ1v) is 21.8. The average molecular weight is 855 g/mol. The Morgan fingerprint density at radius 2 is 0.839 bits per heavy atom. The van der Waals surface area contributed by atoms with Gasteiger partial charge in [0, 0.05) is 47.1 Å². The lowest BCUT2D eigenvalue weighted by Crippen LogP contribution is -2.20. The Labute approximate surface area is 373 Å². The summed E-state index contributed by atoms with van der Waals surface area (Å²) in [5.41, 5.74) is 1.94. The molecule has 0 amide bonds. The van der Waals surface area contributed by atoms with E-state index in [1.165, 1.54) is 10.0 Å². The number of benzene rings is 1. The highest BCUT2D eigenvalue weighted by molar-refractivity contribution is 7.17. The summed E-state index contributed by atoms with van der Waals surface area (Å²) in [5, 5.41) is 61.5. The predicted molar refractivity (Wildman–Crippen MR) is 250 cm³/mol. The fourth-order valence-corrected chi connectivity index (χ4v) is 9.25. The Morgan fingerprint density at radius 1 is 0.516 bits per heavy atom. The molecule has 2 aliphatic rings. The number of thiophene rings is 2. The Morgan fingerprint density at radius 3 is 1.13 bits per heavy atom. The van der Waals surface area contributed by atoms with Gasteiger partial charge in [-0.2, -0.15) is 31.6 Å². The van der Waals surface area contributed by atoms with Crippen LogP contribution in [0.15, 0.2) is 93.5 Å². The summed E-state index contributed by atoms with van der Waals surface area (Å²) in [6.45, 7) is 19.3. The van der Waals surface area contributed by atoms with E-state index in [1.807, 2.05) is 42.5 Å². The highest BCUT2D eigenvalue weighted by Crippen LogP contribution is 2.42. The van der Waals surface area contributed by atoms with Crippen LogP contribution in [0.1, 0.15) is 87.4 Å². The number of nitrogens with zero attached hydrogens (tertiary/aromatic N) is 8. The molecule has 0 saturated carbocycles. The van der Waals surface area contributed by atoms with Crippen molar-refractivity contribution >= 4 is 69.1 Å². The number of allylic oxidation sites excluding steroid dienone is 4. The van der Waals surface area contributed by atoms with E-state index in [0.717, 1.165) is 58.2 Å². The summed E-state index contributed by atoms with van der Waals surface area (Å²) in [4.78, 5) is 6.74. The summed E-state index contributed by atoms with van der Waals surface area (Å²) in [5.74, 6) is -0.0868. The quantitative estimate of drug-likeness (QED) is 0.142. The number of hydrogen-bond donors (Lipinski definition) is 0. The number of hydrogen-bond acceptors (Lipinski definition) is 12. The van der Waals surface area contributed by atoms with E-state index < -0.39 is 11.2 Å². The zero-order chi connectivity index (χ0) is 45.2. The molecule has 0 unspecified atom stereocenters. The van der Waals surface area contributed by atoms with Gasteiger partial charge in [0.25, 0.3) is 0 Å². The van der Waals surface area contributed by atoms with Crippen LogP contribution in [0.5, 0.6) is 0 Å². The molecule has 62 heavy (non-hydrogen) atoms. The van der Waals surface area contributed by atoms with Crippen LogP contribution in [0, 0.1) is 68.0 Å². The molecule has 5 rings (SSSR count). The third-order valence-corrected chi connectivity index (χ3v) is 12.7. The van der Waals surface area contributed by atoms with Crippen LogP contribution < -0.4 is 9.80 Å². The molecule has 1 aromatic carbocycles. The second kappa shape index (κ2) is 19.8. The lowest BCUT2D eigenvalue weighted by Gasteiger charge is -2.21. The van der Waals surface area contributed by atoms with Crippen molar-refractivity contribution in [2.45, 2.75) is 66.6 Å². The first-order valence-electron chi connectivity index (χ1n) is 20.1. The van der Waals surface area contributed by atoms with Gasteiger partial charge in [0.2, 0.25) is 0 Å². The van der Waals surface area contributed by atoms with Crippen LogP contribution in [0.4, 0.5) is 10.0 Å². The fraction of sp³-hybridized carbons (Fsp3) is 0.280. The first kappa shape index (κ1) is 45.8. The smallest absolute Gasteiger partial charge is 0.172 e. The first-order chi connectivity index (χ1) is 29.8. The third kappa shape index (κ3) is 9.66. The Balaban J connectivity index is 1.77. The molecule has 0 spiro atoms. The molecule has 4 heterocycles. The van der Waals surface area contributed by atoms with E-state index in [1.54, 1.807) is 62.5 Å². The lowest BCUT2D eigenvalue weighted by atomic mass is 9.91.